The van der Waals surface area contributed by atoms with E-state index in [2.05, 4.69) is 36.2 Å². The van der Waals surface area contributed by atoms with E-state index in [1.165, 1.54) is 37.8 Å². The summed E-state index contributed by atoms with van der Waals surface area (Å²) in [6.45, 7) is 5.07. The first-order valence-electron chi connectivity index (χ1n) is 14.8. The summed E-state index contributed by atoms with van der Waals surface area (Å²) >= 11 is 6.25. The Kier molecular flexibility index (Phi) is 10.8. The maximum Gasteiger partial charge on any atom is 0.503 e. The van der Waals surface area contributed by atoms with E-state index in [1.807, 2.05) is 55.1 Å². The summed E-state index contributed by atoms with van der Waals surface area (Å²) in [5.74, 6) is 2.13. The van der Waals surface area contributed by atoms with Crippen LogP contribution in [0.15, 0.2) is 60.7 Å². The Balaban J connectivity index is 0.000000996. The van der Waals surface area contributed by atoms with E-state index < -0.39 is 6.16 Å². The van der Waals surface area contributed by atoms with Crippen LogP contribution in [-0.4, -0.2) is 49.1 Å². The topological polar surface area (TPSA) is 99.5 Å². The van der Waals surface area contributed by atoms with Crippen LogP contribution in [0.3, 0.4) is 0 Å². The van der Waals surface area contributed by atoms with Crippen LogP contribution in [0.5, 0.6) is 11.5 Å². The molecule has 0 radical (unpaired) electrons. The Bertz CT molecular complexity index is 1380. The molecule has 1 fully saturated rings. The molecule has 230 valence electrons. The number of carbonyl (C=O) groups excluding carboxylic acids is 1. The molecule has 2 N–H and O–H groups in total. The van der Waals surface area contributed by atoms with Gasteiger partial charge in [-0.15, -0.1) is 0 Å². The van der Waals surface area contributed by atoms with Gasteiger partial charge in [-0.25, -0.2) is 4.79 Å². The molecule has 0 spiro atoms. The van der Waals surface area contributed by atoms with Gasteiger partial charge >= 0.3 is 6.16 Å². The van der Waals surface area contributed by atoms with Gasteiger partial charge in [0.25, 0.3) is 0 Å². The van der Waals surface area contributed by atoms with E-state index in [0.717, 1.165) is 34.8 Å². The molecule has 1 amide bonds. The Morgan fingerprint density at radius 1 is 1.00 bits per heavy atom. The smallest absolute Gasteiger partial charge is 0.493 e. The normalized spacial score (nSPS) is 16.7. The molecule has 1 saturated carbocycles. The monoisotopic (exact) mass is 608 g/mol. The molecule has 1 heterocycles. The molecule has 0 unspecified atom stereocenters. The highest BCUT2D eigenvalue weighted by Crippen LogP contribution is 2.44. The average Bonchev–Trinajstić information content (AvgIpc) is 2.97. The van der Waals surface area contributed by atoms with Crippen molar-refractivity contribution in [3.05, 3.63) is 82.4 Å². The Morgan fingerprint density at radius 3 is 2.21 bits per heavy atom. The quantitative estimate of drug-likeness (QED) is 0.267. The van der Waals surface area contributed by atoms with Crippen LogP contribution >= 0.6 is 11.6 Å². The van der Waals surface area contributed by atoms with Crippen molar-refractivity contribution in [2.75, 3.05) is 30.5 Å². The Hall–Kier alpha value is -3.91. The van der Waals surface area contributed by atoms with Gasteiger partial charge in [-0.2, -0.15) is 0 Å². The van der Waals surface area contributed by atoms with E-state index in [9.17, 15) is 4.79 Å². The highest BCUT2D eigenvalue weighted by atomic mass is 35.5. The standard InChI is InChI=1S/C33H39ClN2O3.CH2O3/c1-22(2)39-31-20-29-25(18-30(31)38-4)19-32(37)36(33(29)24-10-12-26(34)13-11-24)28-16-14-27(15-17-28)35(3)21-23-8-6-5-7-9-23;2-1(3)4/h10-18,20,22-23,33H,5-9,19,21H2,1-4H3;(H2,2,3,4)/t33-;/m0./s1. The van der Waals surface area contributed by atoms with E-state index in [1.54, 1.807) is 7.11 Å². The fourth-order valence-electron chi connectivity index (χ4n) is 6.06. The minimum Gasteiger partial charge on any atom is -0.493 e. The molecule has 1 aliphatic heterocycles. The van der Waals surface area contributed by atoms with Crippen LogP contribution < -0.4 is 19.3 Å². The minimum absolute atomic E-state index is 0.00889. The highest BCUT2D eigenvalue weighted by Gasteiger charge is 2.36. The third-order valence-electron chi connectivity index (χ3n) is 7.96. The molecule has 3 aromatic carbocycles. The van der Waals surface area contributed by atoms with Crippen molar-refractivity contribution in [3.63, 3.8) is 0 Å². The third kappa shape index (κ3) is 8.14. The molecule has 43 heavy (non-hydrogen) atoms. The second-order valence-electron chi connectivity index (χ2n) is 11.4. The molecule has 0 saturated heterocycles. The number of rotatable bonds is 8. The summed E-state index contributed by atoms with van der Waals surface area (Å²) in [7, 11) is 3.81. The molecule has 2 aliphatic rings. The van der Waals surface area contributed by atoms with E-state index in [-0.39, 0.29) is 18.1 Å². The molecule has 0 bridgehead atoms. The second kappa shape index (κ2) is 14.5. The lowest BCUT2D eigenvalue weighted by Crippen LogP contribution is -2.41. The number of benzene rings is 3. The first kappa shape index (κ1) is 32.0. The lowest BCUT2D eigenvalue weighted by molar-refractivity contribution is -0.118. The number of hydrogen-bond donors (Lipinski definition) is 2. The van der Waals surface area contributed by atoms with Gasteiger partial charge < -0.3 is 29.5 Å². The summed E-state index contributed by atoms with van der Waals surface area (Å²) < 4.78 is 11.8. The number of hydrogen-bond acceptors (Lipinski definition) is 5. The summed E-state index contributed by atoms with van der Waals surface area (Å²) in [6, 6.07) is 19.9. The zero-order valence-corrected chi connectivity index (χ0v) is 26.0. The molecule has 9 heteroatoms. The number of ether oxygens (including phenoxy) is 2. The Labute approximate surface area is 258 Å². The number of fused-ring (bicyclic) bond motifs is 1. The number of halogens is 1. The second-order valence-corrected chi connectivity index (χ2v) is 11.9. The van der Waals surface area contributed by atoms with E-state index >= 15 is 0 Å². The Morgan fingerprint density at radius 2 is 1.63 bits per heavy atom. The van der Waals surface area contributed by atoms with Crippen LogP contribution in [-0.2, 0) is 11.2 Å². The van der Waals surface area contributed by atoms with Crippen LogP contribution in [0.1, 0.15) is 68.7 Å². The lowest BCUT2D eigenvalue weighted by Gasteiger charge is -2.38. The average molecular weight is 609 g/mol. The van der Waals surface area contributed by atoms with E-state index in [4.69, 9.17) is 36.1 Å². The third-order valence-corrected chi connectivity index (χ3v) is 8.21. The summed E-state index contributed by atoms with van der Waals surface area (Å²) in [5.41, 5.74) is 5.03. The fraction of sp³-hybridized carbons (Fsp3) is 0.412. The first-order chi connectivity index (χ1) is 20.6. The van der Waals surface area contributed by atoms with Crippen molar-refractivity contribution < 1.29 is 29.3 Å². The number of carbonyl (C=O) groups is 2. The van der Waals surface area contributed by atoms with Gasteiger partial charge in [0.2, 0.25) is 5.91 Å². The zero-order chi connectivity index (χ0) is 31.1. The number of carboxylic acid groups (broad SMARTS) is 2. The van der Waals surface area contributed by atoms with Gasteiger partial charge in [0.15, 0.2) is 11.5 Å². The van der Waals surface area contributed by atoms with Crippen molar-refractivity contribution in [2.24, 2.45) is 5.92 Å². The molecule has 5 rings (SSSR count). The van der Waals surface area contributed by atoms with Crippen molar-refractivity contribution in [2.45, 2.75) is 64.5 Å². The van der Waals surface area contributed by atoms with Crippen LogP contribution in [0.2, 0.25) is 5.02 Å². The molecule has 3 aromatic rings. The number of anilines is 2. The predicted molar refractivity (Wildman–Crippen MR) is 170 cm³/mol. The number of nitrogens with zero attached hydrogens (tertiary/aromatic N) is 2. The molecule has 1 atom stereocenters. The van der Waals surface area contributed by atoms with Crippen LogP contribution in [0, 0.1) is 5.92 Å². The van der Waals surface area contributed by atoms with E-state index in [0.29, 0.717) is 22.9 Å². The van der Waals surface area contributed by atoms with Crippen molar-refractivity contribution in [1.82, 2.24) is 0 Å². The fourth-order valence-corrected chi connectivity index (χ4v) is 6.19. The molecule has 1 aliphatic carbocycles. The number of amides is 1. The highest BCUT2D eigenvalue weighted by molar-refractivity contribution is 6.30. The molecule has 0 aromatic heterocycles. The van der Waals surface area contributed by atoms with Gasteiger partial charge in [0.1, 0.15) is 0 Å². The first-order valence-corrected chi connectivity index (χ1v) is 15.1. The maximum atomic E-state index is 13.8. The van der Waals surface area contributed by atoms with Gasteiger partial charge in [-0.3, -0.25) is 4.79 Å². The van der Waals surface area contributed by atoms with Gasteiger partial charge in [0, 0.05) is 30.0 Å². The van der Waals surface area contributed by atoms with Crippen molar-refractivity contribution in [1.29, 1.82) is 0 Å². The summed E-state index contributed by atoms with van der Waals surface area (Å²) in [5, 5.41) is 14.6. The van der Waals surface area contributed by atoms with Crippen LogP contribution in [0.4, 0.5) is 16.2 Å². The maximum absolute atomic E-state index is 13.8. The van der Waals surface area contributed by atoms with Gasteiger partial charge in [-0.05, 0) is 97.8 Å². The number of methoxy groups -OCH3 is 1. The lowest BCUT2D eigenvalue weighted by atomic mass is 9.86. The predicted octanol–water partition coefficient (Wildman–Crippen LogP) is 8.05. The van der Waals surface area contributed by atoms with Gasteiger partial charge in [-0.1, -0.05) is 43.0 Å². The SMILES string of the molecule is COc1cc2c(cc1OC(C)C)[C@H](c1ccc(Cl)cc1)N(c1ccc(N(C)CC3CCCCC3)cc1)C(=O)C2.O=C(O)O. The van der Waals surface area contributed by atoms with Crippen molar-refractivity contribution in [3.8, 4) is 11.5 Å². The largest absolute Gasteiger partial charge is 0.503 e. The van der Waals surface area contributed by atoms with Gasteiger partial charge in [0.05, 0.1) is 25.7 Å². The minimum atomic E-state index is -1.83. The summed E-state index contributed by atoms with van der Waals surface area (Å²) in [4.78, 5) is 26.6. The summed E-state index contributed by atoms with van der Waals surface area (Å²) in [6.07, 6.45) is 5.15. The molecular weight excluding hydrogens is 568 g/mol. The zero-order valence-electron chi connectivity index (χ0n) is 25.3. The molecular formula is C34H41ClN2O6. The van der Waals surface area contributed by atoms with Crippen LogP contribution in [0.25, 0.3) is 0 Å². The van der Waals surface area contributed by atoms with Crippen molar-refractivity contribution >= 4 is 35.0 Å². The molecule has 8 nitrogen and oxygen atoms in total.